The number of para-hydroxylation sites is 1. The van der Waals surface area contributed by atoms with Gasteiger partial charge in [0.25, 0.3) is 0 Å². The van der Waals surface area contributed by atoms with Gasteiger partial charge in [-0.2, -0.15) is 18.3 Å². The van der Waals surface area contributed by atoms with E-state index in [0.717, 1.165) is 11.6 Å². The van der Waals surface area contributed by atoms with Crippen LogP contribution in [0.5, 0.6) is 11.5 Å². The monoisotopic (exact) mass is 381 g/mol. The van der Waals surface area contributed by atoms with E-state index >= 15 is 0 Å². The van der Waals surface area contributed by atoms with E-state index in [1.165, 1.54) is 24.4 Å². The van der Waals surface area contributed by atoms with E-state index in [-0.39, 0.29) is 10.8 Å². The molecule has 26 heavy (non-hydrogen) atoms. The number of nitrogens with one attached hydrogen (secondary N) is 2. The molecule has 0 amide bonds. The van der Waals surface area contributed by atoms with Crippen LogP contribution in [0.4, 0.5) is 18.9 Å². The number of benzene rings is 2. The minimum atomic E-state index is -4.48. The van der Waals surface area contributed by atoms with Crippen molar-refractivity contribution in [2.24, 2.45) is 5.10 Å². The Labute approximate surface area is 152 Å². The fraction of sp³-hybridized carbons (Fsp3) is 0.176. The van der Waals surface area contributed by atoms with E-state index in [2.05, 4.69) is 15.8 Å². The van der Waals surface area contributed by atoms with Gasteiger partial charge in [0, 0.05) is 0 Å². The van der Waals surface area contributed by atoms with Crippen molar-refractivity contribution in [1.82, 2.24) is 5.43 Å². The van der Waals surface area contributed by atoms with Gasteiger partial charge in [0.1, 0.15) is 13.2 Å². The molecule has 0 radical (unpaired) electrons. The number of hydrogen-bond donors (Lipinski definition) is 2. The van der Waals surface area contributed by atoms with Crippen molar-refractivity contribution in [2.75, 3.05) is 18.5 Å². The molecule has 5 nitrogen and oxygen atoms in total. The van der Waals surface area contributed by atoms with Crippen LogP contribution in [0.1, 0.15) is 11.1 Å². The Balaban J connectivity index is 1.62. The second-order valence-electron chi connectivity index (χ2n) is 5.27. The summed E-state index contributed by atoms with van der Waals surface area (Å²) in [5, 5.41) is 6.36. The molecule has 1 heterocycles. The molecule has 0 unspecified atom stereocenters. The van der Waals surface area contributed by atoms with E-state index in [9.17, 15) is 13.2 Å². The maximum absolute atomic E-state index is 13.0. The van der Waals surface area contributed by atoms with Gasteiger partial charge >= 0.3 is 6.18 Å². The fourth-order valence-electron chi connectivity index (χ4n) is 2.30. The quantitative estimate of drug-likeness (QED) is 0.481. The Hall–Kier alpha value is -2.81. The van der Waals surface area contributed by atoms with Crippen molar-refractivity contribution in [1.29, 1.82) is 0 Å². The molecule has 0 bridgehead atoms. The smallest absolute Gasteiger partial charge is 0.418 e. The van der Waals surface area contributed by atoms with Gasteiger partial charge in [-0.05, 0) is 48.1 Å². The Morgan fingerprint density at radius 1 is 1.08 bits per heavy atom. The molecule has 2 aromatic rings. The molecule has 0 aromatic heterocycles. The number of thiocarbonyl (C=S) groups is 1. The number of nitrogens with zero attached hydrogens (tertiary/aromatic N) is 1. The van der Waals surface area contributed by atoms with Crippen molar-refractivity contribution >= 4 is 29.2 Å². The van der Waals surface area contributed by atoms with Crippen LogP contribution in [-0.4, -0.2) is 24.5 Å². The zero-order valence-electron chi connectivity index (χ0n) is 13.3. The van der Waals surface area contributed by atoms with E-state index in [4.69, 9.17) is 21.7 Å². The molecular formula is C17H14F3N3O2S. The molecule has 136 valence electrons. The number of hydrogen-bond acceptors (Lipinski definition) is 4. The van der Waals surface area contributed by atoms with Crippen LogP contribution < -0.4 is 20.2 Å². The molecule has 0 aliphatic carbocycles. The SMILES string of the molecule is FC(F)(F)c1ccccc1NC(=S)N/N=C\c1ccc2c(c1)OCCO2. The number of hydrazone groups is 1. The second kappa shape index (κ2) is 7.61. The predicted molar refractivity (Wildman–Crippen MR) is 95.8 cm³/mol. The highest BCUT2D eigenvalue weighted by atomic mass is 32.1. The van der Waals surface area contributed by atoms with E-state index < -0.39 is 11.7 Å². The lowest BCUT2D eigenvalue weighted by Gasteiger charge is -2.18. The van der Waals surface area contributed by atoms with Crippen molar-refractivity contribution in [3.8, 4) is 11.5 Å². The van der Waals surface area contributed by atoms with Crippen LogP contribution >= 0.6 is 12.2 Å². The average molecular weight is 381 g/mol. The third kappa shape index (κ3) is 4.42. The van der Waals surface area contributed by atoms with Gasteiger partial charge in [-0.15, -0.1) is 0 Å². The maximum atomic E-state index is 13.0. The van der Waals surface area contributed by atoms with Crippen LogP contribution in [0.15, 0.2) is 47.6 Å². The van der Waals surface area contributed by atoms with Crippen LogP contribution in [0.25, 0.3) is 0 Å². The van der Waals surface area contributed by atoms with Crippen molar-refractivity contribution in [3.63, 3.8) is 0 Å². The van der Waals surface area contributed by atoms with Gasteiger partial charge < -0.3 is 14.8 Å². The van der Waals surface area contributed by atoms with Gasteiger partial charge in [-0.3, -0.25) is 5.43 Å². The lowest BCUT2D eigenvalue weighted by molar-refractivity contribution is -0.136. The molecule has 0 fully saturated rings. The first-order valence-electron chi connectivity index (χ1n) is 7.59. The molecule has 1 aliphatic rings. The molecule has 9 heteroatoms. The highest BCUT2D eigenvalue weighted by Gasteiger charge is 2.33. The summed E-state index contributed by atoms with van der Waals surface area (Å²) in [5.74, 6) is 1.27. The highest BCUT2D eigenvalue weighted by molar-refractivity contribution is 7.80. The molecule has 0 saturated carbocycles. The lowest BCUT2D eigenvalue weighted by Crippen LogP contribution is -2.25. The normalized spacial score (nSPS) is 13.5. The van der Waals surface area contributed by atoms with Gasteiger partial charge in [-0.1, -0.05) is 12.1 Å². The Morgan fingerprint density at radius 3 is 2.58 bits per heavy atom. The summed E-state index contributed by atoms with van der Waals surface area (Å²) in [6.07, 6.45) is -3.00. The van der Waals surface area contributed by atoms with Crippen molar-refractivity contribution in [3.05, 3.63) is 53.6 Å². The van der Waals surface area contributed by atoms with Crippen molar-refractivity contribution in [2.45, 2.75) is 6.18 Å². The predicted octanol–water partition coefficient (Wildman–Crippen LogP) is 3.80. The van der Waals surface area contributed by atoms with Crippen LogP contribution in [0.3, 0.4) is 0 Å². The number of anilines is 1. The standard InChI is InChI=1S/C17H14F3N3O2S/c18-17(19,20)12-3-1-2-4-13(12)22-16(26)23-21-10-11-5-6-14-15(9-11)25-8-7-24-14/h1-6,9-10H,7-8H2,(H2,22,23,26)/b21-10-. The summed E-state index contributed by atoms with van der Waals surface area (Å²) >= 11 is 4.98. The van der Waals surface area contributed by atoms with Gasteiger partial charge in [-0.25, -0.2) is 0 Å². The third-order valence-electron chi connectivity index (χ3n) is 3.43. The number of fused-ring (bicyclic) bond motifs is 1. The minimum Gasteiger partial charge on any atom is -0.486 e. The molecular weight excluding hydrogens is 367 g/mol. The Kier molecular flexibility index (Phi) is 5.27. The average Bonchev–Trinajstić information content (AvgIpc) is 2.61. The number of ether oxygens (including phenoxy) is 2. The van der Waals surface area contributed by atoms with Crippen LogP contribution in [0, 0.1) is 0 Å². The Bertz CT molecular complexity index is 840. The lowest BCUT2D eigenvalue weighted by atomic mass is 10.2. The molecule has 0 saturated heterocycles. The summed E-state index contributed by atoms with van der Waals surface area (Å²) in [6, 6.07) is 10.3. The summed E-state index contributed by atoms with van der Waals surface area (Å²) < 4.78 is 49.7. The van der Waals surface area contributed by atoms with Crippen LogP contribution in [-0.2, 0) is 6.18 Å². The first-order chi connectivity index (χ1) is 12.4. The first kappa shape index (κ1) is 18.0. The molecule has 0 spiro atoms. The van der Waals surface area contributed by atoms with Gasteiger partial charge in [0.15, 0.2) is 16.6 Å². The minimum absolute atomic E-state index is 0.0597. The van der Waals surface area contributed by atoms with E-state index in [0.29, 0.717) is 24.7 Å². The van der Waals surface area contributed by atoms with Gasteiger partial charge in [0.05, 0.1) is 17.5 Å². The zero-order valence-corrected chi connectivity index (χ0v) is 14.2. The largest absolute Gasteiger partial charge is 0.486 e. The summed E-state index contributed by atoms with van der Waals surface area (Å²) in [7, 11) is 0. The van der Waals surface area contributed by atoms with Crippen LogP contribution in [0.2, 0.25) is 0 Å². The molecule has 3 rings (SSSR count). The molecule has 2 aromatic carbocycles. The first-order valence-corrected chi connectivity index (χ1v) is 8.00. The molecule has 0 atom stereocenters. The van der Waals surface area contributed by atoms with E-state index in [1.807, 2.05) is 0 Å². The number of halogens is 3. The molecule has 1 aliphatic heterocycles. The van der Waals surface area contributed by atoms with Gasteiger partial charge in [0.2, 0.25) is 0 Å². The summed E-state index contributed by atoms with van der Waals surface area (Å²) in [4.78, 5) is 0. The highest BCUT2D eigenvalue weighted by Crippen LogP contribution is 2.34. The number of rotatable bonds is 3. The Morgan fingerprint density at radius 2 is 1.81 bits per heavy atom. The fourth-order valence-corrected chi connectivity index (χ4v) is 2.46. The third-order valence-corrected chi connectivity index (χ3v) is 3.62. The number of alkyl halides is 3. The topological polar surface area (TPSA) is 54.9 Å². The van der Waals surface area contributed by atoms with E-state index in [1.54, 1.807) is 18.2 Å². The maximum Gasteiger partial charge on any atom is 0.418 e. The second-order valence-corrected chi connectivity index (χ2v) is 5.68. The molecule has 2 N–H and O–H groups in total. The van der Waals surface area contributed by atoms with Crippen molar-refractivity contribution < 1.29 is 22.6 Å². The summed E-state index contributed by atoms with van der Waals surface area (Å²) in [6.45, 7) is 0.972. The zero-order chi connectivity index (χ0) is 18.6. The summed E-state index contributed by atoms with van der Waals surface area (Å²) in [5.41, 5.74) is 2.26.